The van der Waals surface area contributed by atoms with Gasteiger partial charge < -0.3 is 29.2 Å². The Morgan fingerprint density at radius 2 is 1.92 bits per heavy atom. The van der Waals surface area contributed by atoms with Gasteiger partial charge in [0.15, 0.2) is 11.5 Å². The van der Waals surface area contributed by atoms with Crippen LogP contribution in [-0.4, -0.2) is 58.0 Å². The molecule has 4 heterocycles. The van der Waals surface area contributed by atoms with Gasteiger partial charge >= 0.3 is 5.97 Å². The molecule has 184 valence electrons. The van der Waals surface area contributed by atoms with E-state index in [1.165, 1.54) is 6.33 Å². The number of fused-ring (bicyclic) bond motifs is 2. The Hall–Kier alpha value is -4.15. The molecule has 6 rings (SSSR count). The third-order valence-electron chi connectivity index (χ3n) is 6.33. The van der Waals surface area contributed by atoms with E-state index in [9.17, 15) is 4.79 Å². The molecule has 2 atom stereocenters. The summed E-state index contributed by atoms with van der Waals surface area (Å²) in [5, 5.41) is 0.765. The van der Waals surface area contributed by atoms with E-state index in [-0.39, 0.29) is 31.7 Å². The average molecular weight is 488 g/mol. The van der Waals surface area contributed by atoms with Gasteiger partial charge in [-0.3, -0.25) is 4.90 Å². The standard InChI is InChI=1S/C26H25N5O5/c27-24-20-8-9-31(25(20)29-15-28-24)23-13-30(11-17-6-7-21-22(10-17)35-16-34-21)12-19(36-23)14-33-26(32)18-4-2-1-3-5-18/h1-10,15,19,23H,11-14,16H2,(H2,27,28,29)/t19-,23+/m0/s1. The largest absolute Gasteiger partial charge is 0.459 e. The summed E-state index contributed by atoms with van der Waals surface area (Å²) in [5.74, 6) is 1.53. The molecule has 1 fully saturated rings. The van der Waals surface area contributed by atoms with E-state index in [4.69, 9.17) is 24.7 Å². The highest BCUT2D eigenvalue weighted by Gasteiger charge is 2.31. The van der Waals surface area contributed by atoms with Crippen molar-refractivity contribution >= 4 is 22.8 Å². The minimum atomic E-state index is -0.379. The molecular formula is C26H25N5O5. The molecular weight excluding hydrogens is 462 g/mol. The highest BCUT2D eigenvalue weighted by atomic mass is 16.7. The van der Waals surface area contributed by atoms with Crippen molar-refractivity contribution in [2.24, 2.45) is 0 Å². The van der Waals surface area contributed by atoms with Crippen LogP contribution in [0.15, 0.2) is 67.1 Å². The molecule has 36 heavy (non-hydrogen) atoms. The monoisotopic (exact) mass is 487 g/mol. The summed E-state index contributed by atoms with van der Waals surface area (Å²) in [5.41, 5.74) is 8.33. The molecule has 0 saturated carbocycles. The van der Waals surface area contributed by atoms with Crippen LogP contribution in [0.1, 0.15) is 22.1 Å². The number of anilines is 1. The summed E-state index contributed by atoms with van der Waals surface area (Å²) in [6, 6.07) is 16.8. The second-order valence-corrected chi connectivity index (χ2v) is 8.78. The number of nitrogen functional groups attached to an aromatic ring is 1. The van der Waals surface area contributed by atoms with E-state index in [1.807, 2.05) is 53.2 Å². The second-order valence-electron chi connectivity index (χ2n) is 8.78. The van der Waals surface area contributed by atoms with Gasteiger partial charge in [0.1, 0.15) is 36.7 Å². The molecule has 2 aromatic carbocycles. The average Bonchev–Trinajstić information content (AvgIpc) is 3.55. The maximum atomic E-state index is 12.5. The molecule has 2 aromatic heterocycles. The van der Waals surface area contributed by atoms with E-state index < -0.39 is 0 Å². The predicted octanol–water partition coefficient (Wildman–Crippen LogP) is 3.00. The molecule has 0 bridgehead atoms. The fourth-order valence-electron chi connectivity index (χ4n) is 4.61. The summed E-state index contributed by atoms with van der Waals surface area (Å²) >= 11 is 0. The van der Waals surface area contributed by atoms with Crippen LogP contribution < -0.4 is 15.2 Å². The lowest BCUT2D eigenvalue weighted by molar-refractivity contribution is -0.136. The first-order valence-electron chi connectivity index (χ1n) is 11.7. The number of benzene rings is 2. The Labute approximate surface area is 207 Å². The molecule has 1 saturated heterocycles. The maximum Gasteiger partial charge on any atom is 0.338 e. The van der Waals surface area contributed by atoms with Crippen molar-refractivity contribution in [2.45, 2.75) is 18.9 Å². The summed E-state index contributed by atoms with van der Waals surface area (Å²) in [6.07, 6.45) is 2.64. The lowest BCUT2D eigenvalue weighted by Crippen LogP contribution is -2.47. The summed E-state index contributed by atoms with van der Waals surface area (Å²) in [7, 11) is 0. The molecule has 10 nitrogen and oxygen atoms in total. The highest BCUT2D eigenvalue weighted by molar-refractivity contribution is 5.89. The Morgan fingerprint density at radius 1 is 1.06 bits per heavy atom. The fraction of sp³-hybridized carbons (Fsp3) is 0.269. The topological polar surface area (TPSA) is 114 Å². The summed E-state index contributed by atoms with van der Waals surface area (Å²) in [4.78, 5) is 23.3. The van der Waals surface area contributed by atoms with Gasteiger partial charge in [-0.15, -0.1) is 0 Å². The molecule has 0 amide bonds. The van der Waals surface area contributed by atoms with Gasteiger partial charge in [-0.2, -0.15) is 0 Å². The van der Waals surface area contributed by atoms with Gasteiger partial charge in [-0.05, 0) is 35.9 Å². The SMILES string of the molecule is Nc1ncnc2c1ccn2[C@H]1CN(Cc2ccc3c(c2)OCO3)C[C@@H](COC(=O)c2ccccc2)O1. The van der Waals surface area contributed by atoms with Gasteiger partial charge in [-0.1, -0.05) is 24.3 Å². The van der Waals surface area contributed by atoms with Crippen molar-refractivity contribution < 1.29 is 23.7 Å². The Kier molecular flexibility index (Phi) is 5.88. The van der Waals surface area contributed by atoms with E-state index in [1.54, 1.807) is 12.1 Å². The molecule has 2 aliphatic rings. The highest BCUT2D eigenvalue weighted by Crippen LogP contribution is 2.33. The zero-order chi connectivity index (χ0) is 24.5. The first-order valence-corrected chi connectivity index (χ1v) is 11.7. The number of rotatable bonds is 6. The molecule has 2 aliphatic heterocycles. The molecule has 2 N–H and O–H groups in total. The van der Waals surface area contributed by atoms with Crippen LogP contribution in [0.25, 0.3) is 11.0 Å². The van der Waals surface area contributed by atoms with E-state index >= 15 is 0 Å². The molecule has 0 aliphatic carbocycles. The van der Waals surface area contributed by atoms with Crippen LogP contribution in [0.5, 0.6) is 11.5 Å². The number of aromatic nitrogens is 3. The normalized spacial score (nSPS) is 19.4. The van der Waals surface area contributed by atoms with Gasteiger partial charge in [0, 0.05) is 25.8 Å². The number of morpholine rings is 1. The van der Waals surface area contributed by atoms with Crippen LogP contribution >= 0.6 is 0 Å². The molecule has 10 heteroatoms. The van der Waals surface area contributed by atoms with Gasteiger partial charge in [-0.25, -0.2) is 14.8 Å². The van der Waals surface area contributed by atoms with Crippen LogP contribution in [0.3, 0.4) is 0 Å². The number of hydrogen-bond donors (Lipinski definition) is 1. The number of nitrogens with two attached hydrogens (primary N) is 1. The number of carbonyl (C=O) groups excluding carboxylic acids is 1. The molecule has 4 aromatic rings. The van der Waals surface area contributed by atoms with Gasteiger partial charge in [0.2, 0.25) is 6.79 Å². The van der Waals surface area contributed by atoms with Crippen LogP contribution in [0, 0.1) is 0 Å². The second kappa shape index (κ2) is 9.48. The minimum Gasteiger partial charge on any atom is -0.459 e. The van der Waals surface area contributed by atoms with E-state index in [2.05, 4.69) is 14.9 Å². The number of ether oxygens (including phenoxy) is 4. The summed E-state index contributed by atoms with van der Waals surface area (Å²) < 4.78 is 25.0. The van der Waals surface area contributed by atoms with Crippen LogP contribution in [-0.2, 0) is 16.0 Å². The minimum absolute atomic E-state index is 0.123. The van der Waals surface area contributed by atoms with Crippen molar-refractivity contribution in [3.05, 3.63) is 78.2 Å². The molecule has 0 spiro atoms. The van der Waals surface area contributed by atoms with E-state index in [0.717, 1.165) is 22.4 Å². The predicted molar refractivity (Wildman–Crippen MR) is 130 cm³/mol. The molecule has 0 unspecified atom stereocenters. The third-order valence-corrected chi connectivity index (χ3v) is 6.33. The third kappa shape index (κ3) is 4.43. The Morgan fingerprint density at radius 3 is 2.81 bits per heavy atom. The van der Waals surface area contributed by atoms with Crippen molar-refractivity contribution in [2.75, 3.05) is 32.2 Å². The number of esters is 1. The zero-order valence-corrected chi connectivity index (χ0v) is 19.4. The van der Waals surface area contributed by atoms with Crippen molar-refractivity contribution in [3.8, 4) is 11.5 Å². The van der Waals surface area contributed by atoms with Gasteiger partial charge in [0.05, 0.1) is 10.9 Å². The Balaban J connectivity index is 1.23. The lowest BCUT2D eigenvalue weighted by atomic mass is 10.1. The number of hydrogen-bond acceptors (Lipinski definition) is 9. The number of carbonyl (C=O) groups is 1. The van der Waals surface area contributed by atoms with Crippen molar-refractivity contribution in [1.29, 1.82) is 0 Å². The first-order chi connectivity index (χ1) is 17.6. The zero-order valence-electron chi connectivity index (χ0n) is 19.4. The smallest absolute Gasteiger partial charge is 0.338 e. The fourth-order valence-corrected chi connectivity index (χ4v) is 4.61. The van der Waals surface area contributed by atoms with E-state index in [0.29, 0.717) is 36.7 Å². The van der Waals surface area contributed by atoms with Gasteiger partial charge in [0.25, 0.3) is 0 Å². The molecule has 0 radical (unpaired) electrons. The van der Waals surface area contributed by atoms with Crippen molar-refractivity contribution in [3.63, 3.8) is 0 Å². The lowest BCUT2D eigenvalue weighted by Gasteiger charge is -2.38. The van der Waals surface area contributed by atoms with Crippen molar-refractivity contribution in [1.82, 2.24) is 19.4 Å². The first kappa shape index (κ1) is 22.3. The van der Waals surface area contributed by atoms with Crippen LogP contribution in [0.2, 0.25) is 0 Å². The maximum absolute atomic E-state index is 12.5. The van der Waals surface area contributed by atoms with Crippen LogP contribution in [0.4, 0.5) is 5.82 Å². The quantitative estimate of drug-likeness (QED) is 0.410. The Bertz CT molecular complexity index is 1390. The summed E-state index contributed by atoms with van der Waals surface area (Å²) in [6.45, 7) is 2.21. The number of nitrogens with zero attached hydrogens (tertiary/aromatic N) is 4.